The number of ether oxygens (including phenoxy) is 3. The number of fused-ring (bicyclic) bond motifs is 3. The molecule has 0 spiro atoms. The molecular formula is C19H25BrN4O6. The topological polar surface area (TPSA) is 101 Å². The molecule has 2 heterocycles. The van der Waals surface area contributed by atoms with Crippen LogP contribution in [0.5, 0.6) is 0 Å². The number of nitrogens with one attached hydrogen (secondary N) is 1. The van der Waals surface area contributed by atoms with Gasteiger partial charge in [0.2, 0.25) is 0 Å². The summed E-state index contributed by atoms with van der Waals surface area (Å²) in [4.78, 5) is 41.3. The van der Waals surface area contributed by atoms with Gasteiger partial charge in [0.05, 0.1) is 20.3 Å². The van der Waals surface area contributed by atoms with Gasteiger partial charge in [-0.05, 0) is 32.4 Å². The summed E-state index contributed by atoms with van der Waals surface area (Å²) in [5.74, 6) is 0. The first-order chi connectivity index (χ1) is 14.3. The van der Waals surface area contributed by atoms with Crippen LogP contribution in [0, 0.1) is 0 Å². The van der Waals surface area contributed by atoms with E-state index in [9.17, 15) is 14.4 Å². The number of nitrogens with zero attached hydrogens (tertiary/aromatic N) is 3. The average molecular weight is 485 g/mol. The second-order valence-electron chi connectivity index (χ2n) is 6.85. The summed E-state index contributed by atoms with van der Waals surface area (Å²) in [7, 11) is 3.13. The molecule has 164 valence electrons. The third kappa shape index (κ3) is 3.40. The highest BCUT2D eigenvalue weighted by atomic mass is 79.9. The maximum atomic E-state index is 13.0. The van der Waals surface area contributed by atoms with Gasteiger partial charge in [-0.25, -0.2) is 24.8 Å². The number of hydrogen-bond acceptors (Lipinski definition) is 7. The van der Waals surface area contributed by atoms with Crippen molar-refractivity contribution in [3.8, 4) is 0 Å². The van der Waals surface area contributed by atoms with Crippen LogP contribution in [-0.2, 0) is 19.7 Å². The number of likely N-dealkylation sites (tertiary alicyclic amines) is 1. The molecule has 0 radical (unpaired) electrons. The Bertz CT molecular complexity index is 852. The van der Waals surface area contributed by atoms with Gasteiger partial charge in [0.25, 0.3) is 0 Å². The molecule has 0 aliphatic carbocycles. The second kappa shape index (κ2) is 8.58. The summed E-state index contributed by atoms with van der Waals surface area (Å²) in [6, 6.07) is 5.62. The molecule has 0 aromatic heterocycles. The van der Waals surface area contributed by atoms with Crippen molar-refractivity contribution in [2.75, 3.05) is 38.8 Å². The third-order valence-corrected chi connectivity index (χ3v) is 5.86. The molecule has 2 atom stereocenters. The van der Waals surface area contributed by atoms with Crippen LogP contribution in [0.15, 0.2) is 22.7 Å². The number of rotatable bonds is 3. The Balaban J connectivity index is 2.17. The Labute approximate surface area is 183 Å². The molecule has 1 saturated heterocycles. The summed E-state index contributed by atoms with van der Waals surface area (Å²) in [6.07, 6.45) is -2.33. The number of carbonyl (C=O) groups excluding carboxylic acids is 3. The van der Waals surface area contributed by atoms with E-state index >= 15 is 0 Å². The second-order valence-corrected chi connectivity index (χ2v) is 7.77. The van der Waals surface area contributed by atoms with Crippen LogP contribution in [0.25, 0.3) is 0 Å². The van der Waals surface area contributed by atoms with Crippen LogP contribution in [0.3, 0.4) is 0 Å². The molecule has 11 heteroatoms. The first-order valence-corrected chi connectivity index (χ1v) is 10.4. The molecule has 10 nitrogen and oxygen atoms in total. The zero-order chi connectivity index (χ0) is 22.1. The van der Waals surface area contributed by atoms with E-state index in [1.807, 2.05) is 30.1 Å². The highest BCUT2D eigenvalue weighted by Gasteiger charge is 2.63. The maximum Gasteiger partial charge on any atom is 0.429 e. The normalized spacial score (nSPS) is 21.6. The van der Waals surface area contributed by atoms with Crippen LogP contribution in [0.2, 0.25) is 0 Å². The fourth-order valence-electron chi connectivity index (χ4n) is 4.30. The molecule has 3 rings (SSSR count). The van der Waals surface area contributed by atoms with E-state index in [1.165, 1.54) is 12.0 Å². The monoisotopic (exact) mass is 484 g/mol. The number of anilines is 1. The van der Waals surface area contributed by atoms with Gasteiger partial charge in [-0.2, -0.15) is 0 Å². The average Bonchev–Trinajstić information content (AvgIpc) is 3.21. The van der Waals surface area contributed by atoms with Gasteiger partial charge < -0.3 is 19.1 Å². The molecule has 1 N–H and O–H groups in total. The van der Waals surface area contributed by atoms with Crippen molar-refractivity contribution in [1.82, 2.24) is 15.3 Å². The lowest BCUT2D eigenvalue weighted by Crippen LogP contribution is -2.64. The Kier molecular flexibility index (Phi) is 6.30. The Morgan fingerprint density at radius 3 is 2.60 bits per heavy atom. The number of hydrogen-bond donors (Lipinski definition) is 1. The van der Waals surface area contributed by atoms with E-state index in [0.717, 1.165) is 20.7 Å². The van der Waals surface area contributed by atoms with Crippen LogP contribution in [0.4, 0.5) is 20.1 Å². The molecular weight excluding hydrogens is 460 g/mol. The Morgan fingerprint density at radius 1 is 1.27 bits per heavy atom. The minimum Gasteiger partial charge on any atom is -0.453 e. The van der Waals surface area contributed by atoms with Crippen LogP contribution >= 0.6 is 15.9 Å². The predicted molar refractivity (Wildman–Crippen MR) is 111 cm³/mol. The summed E-state index contributed by atoms with van der Waals surface area (Å²) in [6.45, 7) is 3.91. The highest BCUT2D eigenvalue weighted by molar-refractivity contribution is 9.10. The Hall–Kier alpha value is -2.69. The summed E-state index contributed by atoms with van der Waals surface area (Å²) >= 11 is 3.47. The summed E-state index contributed by atoms with van der Waals surface area (Å²) < 4.78 is 16.1. The van der Waals surface area contributed by atoms with Gasteiger partial charge in [0, 0.05) is 29.3 Å². The molecule has 0 bridgehead atoms. The zero-order valence-electron chi connectivity index (χ0n) is 17.3. The van der Waals surface area contributed by atoms with Crippen molar-refractivity contribution in [2.45, 2.75) is 32.0 Å². The van der Waals surface area contributed by atoms with Crippen molar-refractivity contribution in [3.05, 3.63) is 28.2 Å². The largest absolute Gasteiger partial charge is 0.453 e. The molecule has 0 saturated carbocycles. The first kappa shape index (κ1) is 22.0. The van der Waals surface area contributed by atoms with Crippen molar-refractivity contribution >= 4 is 39.9 Å². The van der Waals surface area contributed by atoms with Gasteiger partial charge >= 0.3 is 18.3 Å². The van der Waals surface area contributed by atoms with E-state index in [-0.39, 0.29) is 13.2 Å². The highest BCUT2D eigenvalue weighted by Crippen LogP contribution is 2.53. The third-order valence-electron chi connectivity index (χ3n) is 5.37. The molecule has 30 heavy (non-hydrogen) atoms. The van der Waals surface area contributed by atoms with Gasteiger partial charge in [0.1, 0.15) is 11.7 Å². The lowest BCUT2D eigenvalue weighted by Gasteiger charge is -2.42. The van der Waals surface area contributed by atoms with E-state index in [4.69, 9.17) is 14.2 Å². The molecule has 2 aliphatic heterocycles. The van der Waals surface area contributed by atoms with Crippen LogP contribution in [0.1, 0.15) is 25.8 Å². The minimum atomic E-state index is -1.10. The summed E-state index contributed by atoms with van der Waals surface area (Å²) in [5, 5.41) is 1.15. The molecule has 2 aliphatic rings. The predicted octanol–water partition coefficient (Wildman–Crippen LogP) is 3.01. The first-order valence-electron chi connectivity index (χ1n) is 9.59. The molecule has 1 fully saturated rings. The number of methoxy groups -OCH3 is 1. The van der Waals surface area contributed by atoms with Gasteiger partial charge in [-0.15, -0.1) is 0 Å². The molecule has 0 unspecified atom stereocenters. The van der Waals surface area contributed by atoms with Crippen molar-refractivity contribution in [1.29, 1.82) is 0 Å². The van der Waals surface area contributed by atoms with Gasteiger partial charge in [0.15, 0.2) is 0 Å². The molecule has 3 amide bonds. The standard InChI is InChI=1S/C19H25BrN4O6/c1-5-29-16(25)21-24(18(27)30-6-2)19-9-10-23(17(26)28-4)15(19)22(3)14-11-12(20)7-8-13(14)19/h7-8,11,15H,5-6,9-10H2,1-4H3,(H,21,25)/t15-,19+/m0/s1. The SMILES string of the molecule is CCOC(=O)NN(C(=O)OCC)[C@@]12CCN(C(=O)OC)[C@@H]1N(C)c1cc(Br)ccc12. The zero-order valence-corrected chi connectivity index (χ0v) is 18.9. The molecule has 1 aromatic rings. The maximum absolute atomic E-state index is 13.0. The van der Waals surface area contributed by atoms with Gasteiger partial charge in [-0.1, -0.05) is 22.0 Å². The van der Waals surface area contributed by atoms with Crippen molar-refractivity contribution in [2.24, 2.45) is 0 Å². The van der Waals surface area contributed by atoms with E-state index in [0.29, 0.717) is 13.0 Å². The number of halogens is 1. The number of hydrazine groups is 1. The lowest BCUT2D eigenvalue weighted by molar-refractivity contribution is 0.00225. The lowest BCUT2D eigenvalue weighted by atomic mass is 9.88. The van der Waals surface area contributed by atoms with E-state index in [1.54, 1.807) is 13.8 Å². The number of likely N-dealkylation sites (N-methyl/N-ethyl adjacent to an activating group) is 1. The van der Waals surface area contributed by atoms with Gasteiger partial charge in [-0.3, -0.25) is 4.90 Å². The number of benzene rings is 1. The van der Waals surface area contributed by atoms with E-state index < -0.39 is 30.0 Å². The number of carbonyl (C=O) groups is 3. The van der Waals surface area contributed by atoms with Crippen LogP contribution < -0.4 is 10.3 Å². The van der Waals surface area contributed by atoms with E-state index in [2.05, 4.69) is 21.4 Å². The fraction of sp³-hybridized carbons (Fsp3) is 0.526. The van der Waals surface area contributed by atoms with Crippen molar-refractivity contribution < 1.29 is 28.6 Å². The Morgan fingerprint density at radius 2 is 1.97 bits per heavy atom. The smallest absolute Gasteiger partial charge is 0.429 e. The quantitative estimate of drug-likeness (QED) is 0.519. The fourth-order valence-corrected chi connectivity index (χ4v) is 4.65. The number of amides is 3. The minimum absolute atomic E-state index is 0.115. The van der Waals surface area contributed by atoms with Crippen LogP contribution in [-0.4, -0.2) is 68.3 Å². The molecule has 1 aromatic carbocycles. The summed E-state index contributed by atoms with van der Waals surface area (Å²) in [5.41, 5.74) is 3.02. The van der Waals surface area contributed by atoms with Crippen molar-refractivity contribution in [3.63, 3.8) is 0 Å².